The highest BCUT2D eigenvalue weighted by Gasteiger charge is 2.37. The number of barbiturate groups is 1. The number of carbonyl (C=O) groups is 3. The lowest BCUT2D eigenvalue weighted by Crippen LogP contribution is -2.54. The van der Waals surface area contributed by atoms with Crippen molar-refractivity contribution in [1.29, 1.82) is 0 Å². The molecule has 3 rings (SSSR count). The van der Waals surface area contributed by atoms with Crippen molar-refractivity contribution in [3.63, 3.8) is 0 Å². The number of anilines is 1. The number of furan rings is 1. The lowest BCUT2D eigenvalue weighted by Gasteiger charge is -2.26. The number of urea groups is 1. The summed E-state index contributed by atoms with van der Waals surface area (Å²) in [4.78, 5) is 37.6. The van der Waals surface area contributed by atoms with Crippen LogP contribution in [0.4, 0.5) is 10.5 Å². The summed E-state index contributed by atoms with van der Waals surface area (Å²) >= 11 is 0. The first kappa shape index (κ1) is 15.5. The van der Waals surface area contributed by atoms with Crippen LogP contribution in [0.25, 0.3) is 6.08 Å². The molecule has 1 aromatic carbocycles. The van der Waals surface area contributed by atoms with Crippen molar-refractivity contribution >= 4 is 29.6 Å². The van der Waals surface area contributed by atoms with Crippen LogP contribution in [0.2, 0.25) is 0 Å². The lowest BCUT2D eigenvalue weighted by molar-refractivity contribution is -0.122. The minimum absolute atomic E-state index is 0.188. The highest BCUT2D eigenvalue weighted by atomic mass is 16.5. The van der Waals surface area contributed by atoms with E-state index in [2.05, 4.69) is 5.32 Å². The predicted octanol–water partition coefficient (Wildman–Crippen LogP) is 2.26. The summed E-state index contributed by atoms with van der Waals surface area (Å²) in [6, 6.07) is 8.96. The summed E-state index contributed by atoms with van der Waals surface area (Å²) in [6.07, 6.45) is 1.31. The minimum atomic E-state index is -0.814. The predicted molar refractivity (Wildman–Crippen MR) is 85.4 cm³/mol. The molecule has 24 heavy (non-hydrogen) atoms. The van der Waals surface area contributed by atoms with E-state index in [4.69, 9.17) is 9.15 Å². The summed E-state index contributed by atoms with van der Waals surface area (Å²) in [7, 11) is 1.48. The van der Waals surface area contributed by atoms with E-state index in [0.717, 1.165) is 4.90 Å². The molecule has 7 heteroatoms. The van der Waals surface area contributed by atoms with E-state index in [1.165, 1.54) is 19.3 Å². The first-order valence-corrected chi connectivity index (χ1v) is 7.11. The lowest BCUT2D eigenvalue weighted by atomic mass is 10.1. The minimum Gasteiger partial charge on any atom is -0.497 e. The zero-order valence-corrected chi connectivity index (χ0v) is 13.0. The molecule has 0 radical (unpaired) electrons. The molecule has 4 amide bonds. The third kappa shape index (κ3) is 2.79. The van der Waals surface area contributed by atoms with Gasteiger partial charge in [0, 0.05) is 6.07 Å². The monoisotopic (exact) mass is 326 g/mol. The molecule has 7 nitrogen and oxygen atoms in total. The first-order valence-electron chi connectivity index (χ1n) is 7.11. The summed E-state index contributed by atoms with van der Waals surface area (Å²) in [5.41, 5.74) is 0.109. The van der Waals surface area contributed by atoms with Gasteiger partial charge in [-0.25, -0.2) is 9.69 Å². The van der Waals surface area contributed by atoms with Gasteiger partial charge in [-0.15, -0.1) is 0 Å². The van der Waals surface area contributed by atoms with Crippen molar-refractivity contribution in [1.82, 2.24) is 5.32 Å². The fourth-order valence-electron chi connectivity index (χ4n) is 2.31. The second kappa shape index (κ2) is 6.04. The number of carbonyl (C=O) groups excluding carboxylic acids is 3. The van der Waals surface area contributed by atoms with Gasteiger partial charge in [0.05, 0.1) is 12.8 Å². The van der Waals surface area contributed by atoms with Crippen molar-refractivity contribution in [3.8, 4) is 5.75 Å². The smallest absolute Gasteiger partial charge is 0.335 e. The third-order valence-electron chi connectivity index (χ3n) is 3.46. The fourth-order valence-corrected chi connectivity index (χ4v) is 2.31. The number of imide groups is 2. The molecule has 1 N–H and O–H groups in total. The van der Waals surface area contributed by atoms with Crippen LogP contribution in [-0.2, 0) is 9.59 Å². The molecule has 0 aliphatic carbocycles. The topological polar surface area (TPSA) is 88.8 Å². The van der Waals surface area contributed by atoms with Gasteiger partial charge in [0.25, 0.3) is 11.8 Å². The average molecular weight is 326 g/mol. The Labute approximate surface area is 137 Å². The Morgan fingerprint density at radius 1 is 1.17 bits per heavy atom. The number of amides is 4. The molecule has 1 aliphatic heterocycles. The normalized spacial score (nSPS) is 16.5. The quantitative estimate of drug-likeness (QED) is 0.690. The largest absolute Gasteiger partial charge is 0.497 e. The zero-order chi connectivity index (χ0) is 17.3. The summed E-state index contributed by atoms with van der Waals surface area (Å²) in [5.74, 6) is -0.0152. The van der Waals surface area contributed by atoms with E-state index >= 15 is 0 Å². The van der Waals surface area contributed by atoms with Gasteiger partial charge < -0.3 is 9.15 Å². The maximum absolute atomic E-state index is 12.7. The maximum atomic E-state index is 12.7. The standard InChI is InChI=1S/C17H14N2O5/c1-10-6-7-13(24-10)9-14-15(20)18-17(22)19(16(14)21)11-4-3-5-12(8-11)23-2/h3-9H,1-2H3,(H,18,20,22)/b14-9+. The molecule has 0 unspecified atom stereocenters. The van der Waals surface area contributed by atoms with Crippen LogP contribution in [0.3, 0.4) is 0 Å². The molecule has 0 saturated carbocycles. The molecule has 1 aromatic heterocycles. The summed E-state index contributed by atoms with van der Waals surface area (Å²) < 4.78 is 10.5. The first-order chi connectivity index (χ1) is 11.5. The van der Waals surface area contributed by atoms with Crippen LogP contribution < -0.4 is 15.0 Å². The number of nitrogens with one attached hydrogen (secondary N) is 1. The second-order valence-corrected chi connectivity index (χ2v) is 5.11. The number of ether oxygens (including phenoxy) is 1. The SMILES string of the molecule is COc1cccc(N2C(=O)NC(=O)/C(=C\c3ccc(C)o3)C2=O)c1. The Morgan fingerprint density at radius 3 is 2.62 bits per heavy atom. The van der Waals surface area contributed by atoms with E-state index < -0.39 is 17.8 Å². The van der Waals surface area contributed by atoms with Gasteiger partial charge in [0.15, 0.2) is 0 Å². The van der Waals surface area contributed by atoms with E-state index in [1.807, 2.05) is 0 Å². The third-order valence-corrected chi connectivity index (χ3v) is 3.46. The Balaban J connectivity index is 2.01. The molecule has 1 saturated heterocycles. The Kier molecular flexibility index (Phi) is 3.91. The van der Waals surface area contributed by atoms with Gasteiger partial charge in [-0.1, -0.05) is 6.07 Å². The number of hydrogen-bond acceptors (Lipinski definition) is 5. The van der Waals surface area contributed by atoms with Gasteiger partial charge >= 0.3 is 6.03 Å². The molecule has 1 fully saturated rings. The van der Waals surface area contributed by atoms with Crippen LogP contribution in [0.15, 0.2) is 46.4 Å². The van der Waals surface area contributed by atoms with Gasteiger partial charge in [-0.05, 0) is 37.3 Å². The summed E-state index contributed by atoms with van der Waals surface area (Å²) in [5, 5.41) is 2.15. The molecule has 0 atom stereocenters. The molecule has 2 aromatic rings. The van der Waals surface area contributed by atoms with Gasteiger partial charge in [-0.2, -0.15) is 0 Å². The van der Waals surface area contributed by atoms with Crippen molar-refractivity contribution in [3.05, 3.63) is 53.5 Å². The van der Waals surface area contributed by atoms with Crippen LogP contribution in [0.1, 0.15) is 11.5 Å². The number of rotatable bonds is 3. The van der Waals surface area contributed by atoms with Gasteiger partial charge in [0.1, 0.15) is 22.8 Å². The Morgan fingerprint density at radius 2 is 1.96 bits per heavy atom. The number of methoxy groups -OCH3 is 1. The molecule has 122 valence electrons. The molecule has 1 aliphatic rings. The van der Waals surface area contributed by atoms with Crippen molar-refractivity contribution < 1.29 is 23.5 Å². The molecule has 0 spiro atoms. The fraction of sp³-hybridized carbons (Fsp3) is 0.118. The van der Waals surface area contributed by atoms with E-state index in [9.17, 15) is 14.4 Å². The Hall–Kier alpha value is -3.35. The molecular weight excluding hydrogens is 312 g/mol. The number of benzene rings is 1. The van der Waals surface area contributed by atoms with Crippen LogP contribution in [0, 0.1) is 6.92 Å². The van der Waals surface area contributed by atoms with E-state index in [-0.39, 0.29) is 5.57 Å². The maximum Gasteiger partial charge on any atom is 0.335 e. The van der Waals surface area contributed by atoms with Gasteiger partial charge in [-0.3, -0.25) is 14.9 Å². The highest BCUT2D eigenvalue weighted by molar-refractivity contribution is 6.39. The van der Waals surface area contributed by atoms with E-state index in [0.29, 0.717) is 23.0 Å². The Bertz CT molecular complexity index is 865. The second-order valence-electron chi connectivity index (χ2n) is 5.11. The van der Waals surface area contributed by atoms with Crippen LogP contribution >= 0.6 is 0 Å². The number of aryl methyl sites for hydroxylation is 1. The van der Waals surface area contributed by atoms with E-state index in [1.54, 1.807) is 37.3 Å². The average Bonchev–Trinajstić information content (AvgIpc) is 2.96. The van der Waals surface area contributed by atoms with Crippen LogP contribution in [0.5, 0.6) is 5.75 Å². The molecule has 2 heterocycles. The number of nitrogens with zero attached hydrogens (tertiary/aromatic N) is 1. The highest BCUT2D eigenvalue weighted by Crippen LogP contribution is 2.25. The molecule has 0 bridgehead atoms. The zero-order valence-electron chi connectivity index (χ0n) is 13.0. The van der Waals surface area contributed by atoms with Crippen LogP contribution in [-0.4, -0.2) is 25.0 Å². The summed E-state index contributed by atoms with van der Waals surface area (Å²) in [6.45, 7) is 1.75. The van der Waals surface area contributed by atoms with Crippen molar-refractivity contribution in [2.45, 2.75) is 6.92 Å². The molecular formula is C17H14N2O5. The van der Waals surface area contributed by atoms with Crippen molar-refractivity contribution in [2.75, 3.05) is 12.0 Å². The van der Waals surface area contributed by atoms with Crippen molar-refractivity contribution in [2.24, 2.45) is 0 Å². The number of hydrogen-bond donors (Lipinski definition) is 1. The van der Waals surface area contributed by atoms with Gasteiger partial charge in [0.2, 0.25) is 0 Å².